The Balaban J connectivity index is 1.38. The fourth-order valence-corrected chi connectivity index (χ4v) is 5.96. The zero-order valence-electron chi connectivity index (χ0n) is 16.8. The first kappa shape index (κ1) is 18.7. The van der Waals surface area contributed by atoms with E-state index in [0.717, 1.165) is 43.0 Å². The average Bonchev–Trinajstić information content (AvgIpc) is 3.16. The minimum Gasteiger partial charge on any atom is -0.297 e. The summed E-state index contributed by atoms with van der Waals surface area (Å²) in [7, 11) is 0. The van der Waals surface area contributed by atoms with Crippen LogP contribution in [0.2, 0.25) is 0 Å². The molecule has 0 radical (unpaired) electrons. The molecule has 2 aliphatic rings. The number of likely N-dealkylation sites (tertiary alicyclic amines) is 1. The topological polar surface area (TPSA) is 33.2 Å². The number of Topliss-reactive ketones (excluding diaryl/α,β-unsaturated/α-hetero) is 1. The summed E-state index contributed by atoms with van der Waals surface area (Å²) in [6, 6.07) is 15.0. The lowest BCUT2D eigenvalue weighted by atomic mass is 9.75. The fraction of sp³-hybridized carbons (Fsp3) is 0.360. The van der Waals surface area contributed by atoms with E-state index in [2.05, 4.69) is 64.7 Å². The molecule has 0 bridgehead atoms. The lowest BCUT2D eigenvalue weighted by Gasteiger charge is -2.36. The highest BCUT2D eigenvalue weighted by Crippen LogP contribution is 2.44. The molecule has 1 atom stereocenters. The predicted octanol–water partition coefficient (Wildman–Crippen LogP) is 5.23. The second kappa shape index (κ2) is 7.85. The Morgan fingerprint density at radius 3 is 2.76 bits per heavy atom. The van der Waals surface area contributed by atoms with Crippen LogP contribution in [0.15, 0.2) is 54.0 Å². The van der Waals surface area contributed by atoms with Crippen molar-refractivity contribution in [1.82, 2.24) is 9.88 Å². The monoisotopic (exact) mass is 402 g/mol. The van der Waals surface area contributed by atoms with Crippen LogP contribution < -0.4 is 0 Å². The van der Waals surface area contributed by atoms with E-state index in [9.17, 15) is 4.79 Å². The zero-order chi connectivity index (χ0) is 19.8. The number of aryl methyl sites for hydroxylation is 1. The van der Waals surface area contributed by atoms with Crippen LogP contribution in [-0.4, -0.2) is 28.8 Å². The van der Waals surface area contributed by atoms with E-state index in [1.54, 1.807) is 11.3 Å². The molecule has 1 saturated heterocycles. The van der Waals surface area contributed by atoms with Crippen molar-refractivity contribution in [1.29, 1.82) is 0 Å². The van der Waals surface area contributed by atoms with E-state index in [4.69, 9.17) is 0 Å². The van der Waals surface area contributed by atoms with Crippen molar-refractivity contribution in [3.05, 3.63) is 86.9 Å². The third-order valence-electron chi connectivity index (χ3n) is 6.49. The number of carbonyl (C=O) groups excluding carboxylic acids is 1. The van der Waals surface area contributed by atoms with Crippen molar-refractivity contribution < 1.29 is 4.79 Å². The quantitative estimate of drug-likeness (QED) is 0.601. The van der Waals surface area contributed by atoms with Gasteiger partial charge in [0.25, 0.3) is 0 Å². The molecular formula is C25H26N2OS. The molecule has 1 unspecified atom stereocenters. The van der Waals surface area contributed by atoms with Crippen LogP contribution in [0.1, 0.15) is 56.4 Å². The number of hydrogen-bond acceptors (Lipinski definition) is 4. The van der Waals surface area contributed by atoms with E-state index in [1.807, 2.05) is 6.20 Å². The smallest absolute Gasteiger partial charge is 0.177 e. The Labute approximate surface area is 176 Å². The van der Waals surface area contributed by atoms with Gasteiger partial charge in [-0.25, -0.2) is 0 Å². The third kappa shape index (κ3) is 3.67. The first-order valence-electron chi connectivity index (χ1n) is 10.5. The number of hydrogen-bond donors (Lipinski definition) is 0. The molecule has 2 aromatic heterocycles. The summed E-state index contributed by atoms with van der Waals surface area (Å²) in [6.07, 6.45) is 4.77. The molecule has 0 amide bonds. The van der Waals surface area contributed by atoms with Gasteiger partial charge >= 0.3 is 0 Å². The standard InChI is InChI=1S/C25H26N2OS/c1-17-6-10-26-20(14-17)16-27-11-7-18(8-12-27)24-21-5-3-2-4-19(21)15-23(28)25-22(24)9-13-29-25/h2-6,9-10,13-14,18,24H,7-8,11-12,15-16H2,1H3. The molecule has 0 saturated carbocycles. The first-order chi connectivity index (χ1) is 14.2. The molecule has 1 aliphatic heterocycles. The molecule has 29 heavy (non-hydrogen) atoms. The fourth-order valence-electron chi connectivity index (χ4n) is 5.08. The summed E-state index contributed by atoms with van der Waals surface area (Å²) in [4.78, 5) is 20.9. The number of pyridine rings is 1. The summed E-state index contributed by atoms with van der Waals surface area (Å²) in [5.74, 6) is 1.21. The third-order valence-corrected chi connectivity index (χ3v) is 7.46. The number of ketones is 1. The number of nitrogens with zero attached hydrogens (tertiary/aromatic N) is 2. The van der Waals surface area contributed by atoms with E-state index in [0.29, 0.717) is 18.3 Å². The Morgan fingerprint density at radius 1 is 1.10 bits per heavy atom. The first-order valence-corrected chi connectivity index (χ1v) is 11.4. The van der Waals surface area contributed by atoms with Gasteiger partial charge in [-0.1, -0.05) is 24.3 Å². The highest BCUT2D eigenvalue weighted by molar-refractivity contribution is 7.12. The molecule has 148 valence electrons. The van der Waals surface area contributed by atoms with Crippen LogP contribution in [0.4, 0.5) is 0 Å². The van der Waals surface area contributed by atoms with E-state index < -0.39 is 0 Å². The van der Waals surface area contributed by atoms with Gasteiger partial charge in [-0.3, -0.25) is 14.7 Å². The summed E-state index contributed by atoms with van der Waals surface area (Å²) in [5, 5.41) is 2.10. The van der Waals surface area contributed by atoms with Gasteiger partial charge < -0.3 is 0 Å². The second-order valence-electron chi connectivity index (χ2n) is 8.42. The van der Waals surface area contributed by atoms with Gasteiger partial charge in [-0.2, -0.15) is 0 Å². The second-order valence-corrected chi connectivity index (χ2v) is 9.34. The minimum atomic E-state index is 0.285. The molecule has 1 aromatic carbocycles. The van der Waals surface area contributed by atoms with Gasteiger partial charge in [0.1, 0.15) is 0 Å². The zero-order valence-corrected chi connectivity index (χ0v) is 17.6. The average molecular weight is 403 g/mol. The van der Waals surface area contributed by atoms with Gasteiger partial charge in [0.05, 0.1) is 10.6 Å². The lowest BCUT2D eigenvalue weighted by Crippen LogP contribution is -2.35. The van der Waals surface area contributed by atoms with Crippen LogP contribution in [-0.2, 0) is 13.0 Å². The van der Waals surface area contributed by atoms with Crippen molar-refractivity contribution in [2.24, 2.45) is 5.92 Å². The number of benzene rings is 1. The maximum Gasteiger partial charge on any atom is 0.177 e. The van der Waals surface area contributed by atoms with Crippen molar-refractivity contribution in [3.8, 4) is 0 Å². The molecule has 3 aromatic rings. The number of thiophene rings is 1. The predicted molar refractivity (Wildman–Crippen MR) is 118 cm³/mol. The molecule has 3 heterocycles. The molecular weight excluding hydrogens is 376 g/mol. The van der Waals surface area contributed by atoms with Crippen molar-refractivity contribution in [2.75, 3.05) is 13.1 Å². The molecule has 5 rings (SSSR count). The van der Waals surface area contributed by atoms with Crippen molar-refractivity contribution in [3.63, 3.8) is 0 Å². The highest BCUT2D eigenvalue weighted by atomic mass is 32.1. The van der Waals surface area contributed by atoms with E-state index in [1.165, 1.54) is 22.3 Å². The van der Waals surface area contributed by atoms with Crippen LogP contribution in [0, 0.1) is 12.8 Å². The molecule has 1 aliphatic carbocycles. The van der Waals surface area contributed by atoms with E-state index >= 15 is 0 Å². The summed E-state index contributed by atoms with van der Waals surface area (Å²) >= 11 is 1.62. The lowest BCUT2D eigenvalue weighted by molar-refractivity contribution is 0.0996. The van der Waals surface area contributed by atoms with E-state index in [-0.39, 0.29) is 5.78 Å². The summed E-state index contributed by atoms with van der Waals surface area (Å²) in [5.41, 5.74) is 6.29. The maximum atomic E-state index is 12.8. The highest BCUT2D eigenvalue weighted by Gasteiger charge is 2.35. The van der Waals surface area contributed by atoms with Crippen LogP contribution in [0.3, 0.4) is 0 Å². The maximum absolute atomic E-state index is 12.8. The van der Waals surface area contributed by atoms with Gasteiger partial charge in [-0.05, 0) is 84.6 Å². The van der Waals surface area contributed by atoms with Crippen molar-refractivity contribution >= 4 is 17.1 Å². The Hall–Kier alpha value is -2.30. The molecule has 4 heteroatoms. The largest absolute Gasteiger partial charge is 0.297 e. The normalized spacial score (nSPS) is 20.2. The number of aromatic nitrogens is 1. The molecule has 0 N–H and O–H groups in total. The molecule has 3 nitrogen and oxygen atoms in total. The SMILES string of the molecule is Cc1ccnc(CN2CCC(C3c4ccccc4CC(=O)c4sccc43)CC2)c1. The van der Waals surface area contributed by atoms with Crippen LogP contribution >= 0.6 is 11.3 Å². The van der Waals surface area contributed by atoms with Crippen molar-refractivity contribution in [2.45, 2.75) is 38.6 Å². The van der Waals surface area contributed by atoms with Gasteiger partial charge in [-0.15, -0.1) is 11.3 Å². The molecule has 0 spiro atoms. The number of piperidine rings is 1. The Bertz CT molecular complexity index is 1030. The molecule has 1 fully saturated rings. The number of rotatable bonds is 3. The van der Waals surface area contributed by atoms with Crippen LogP contribution in [0.25, 0.3) is 0 Å². The van der Waals surface area contributed by atoms with Crippen LogP contribution in [0.5, 0.6) is 0 Å². The Kier molecular flexibility index (Phi) is 5.06. The summed E-state index contributed by atoms with van der Waals surface area (Å²) in [6.45, 7) is 5.23. The number of fused-ring (bicyclic) bond motifs is 2. The van der Waals surface area contributed by atoms with Gasteiger partial charge in [0, 0.05) is 25.1 Å². The van der Waals surface area contributed by atoms with Gasteiger partial charge in [0.2, 0.25) is 0 Å². The Morgan fingerprint density at radius 2 is 1.93 bits per heavy atom. The minimum absolute atomic E-state index is 0.285. The summed E-state index contributed by atoms with van der Waals surface area (Å²) < 4.78 is 0. The van der Waals surface area contributed by atoms with Gasteiger partial charge in [0.15, 0.2) is 5.78 Å². The number of carbonyl (C=O) groups is 1.